The summed E-state index contributed by atoms with van der Waals surface area (Å²) in [6.07, 6.45) is 4.50. The van der Waals surface area contributed by atoms with Gasteiger partial charge in [0, 0.05) is 24.7 Å². The molecule has 0 saturated carbocycles. The van der Waals surface area contributed by atoms with Crippen LogP contribution in [-0.2, 0) is 19.4 Å². The Hall–Kier alpha value is -3.02. The SMILES string of the molecule is O=C(NC1CCc2cc(CN3CCCC(O)C3)ccc2C1)c1ccc(-c2ccc(F)cc2)cc1. The Bertz CT molecular complexity index is 1140. The Morgan fingerprint density at radius 3 is 2.44 bits per heavy atom. The van der Waals surface area contributed by atoms with Crippen molar-refractivity contribution < 1.29 is 14.3 Å². The molecule has 34 heavy (non-hydrogen) atoms. The zero-order chi connectivity index (χ0) is 23.5. The fourth-order valence-electron chi connectivity index (χ4n) is 5.19. The van der Waals surface area contributed by atoms with Crippen LogP contribution in [0.15, 0.2) is 66.7 Å². The highest BCUT2D eigenvalue weighted by Gasteiger charge is 2.22. The Kier molecular flexibility index (Phi) is 6.75. The summed E-state index contributed by atoms with van der Waals surface area (Å²) in [5.74, 6) is -0.314. The molecular weight excluding hydrogens is 427 g/mol. The van der Waals surface area contributed by atoms with Crippen molar-refractivity contribution in [3.8, 4) is 11.1 Å². The molecule has 1 amide bonds. The van der Waals surface area contributed by atoms with E-state index in [0.29, 0.717) is 5.56 Å². The monoisotopic (exact) mass is 458 g/mol. The maximum absolute atomic E-state index is 13.2. The fourth-order valence-corrected chi connectivity index (χ4v) is 5.19. The maximum Gasteiger partial charge on any atom is 0.251 e. The van der Waals surface area contributed by atoms with Crippen molar-refractivity contribution in [2.75, 3.05) is 13.1 Å². The summed E-state index contributed by atoms with van der Waals surface area (Å²) in [5, 5.41) is 13.1. The number of aliphatic hydroxyl groups excluding tert-OH is 1. The lowest BCUT2D eigenvalue weighted by Crippen LogP contribution is -2.39. The lowest BCUT2D eigenvalue weighted by Gasteiger charge is -2.31. The molecule has 4 nitrogen and oxygen atoms in total. The molecular formula is C29H31FN2O2. The van der Waals surface area contributed by atoms with E-state index in [9.17, 15) is 14.3 Å². The number of nitrogens with zero attached hydrogens (tertiary/aromatic N) is 1. The van der Waals surface area contributed by atoms with E-state index in [2.05, 4.69) is 28.4 Å². The first-order chi connectivity index (χ1) is 16.5. The van der Waals surface area contributed by atoms with E-state index < -0.39 is 0 Å². The first-order valence-corrected chi connectivity index (χ1v) is 12.2. The van der Waals surface area contributed by atoms with E-state index in [1.54, 1.807) is 12.1 Å². The lowest BCUT2D eigenvalue weighted by atomic mass is 9.87. The summed E-state index contributed by atoms with van der Waals surface area (Å²) < 4.78 is 13.2. The maximum atomic E-state index is 13.2. The van der Waals surface area contributed by atoms with E-state index in [0.717, 1.165) is 62.9 Å². The Morgan fingerprint density at radius 1 is 0.971 bits per heavy atom. The Labute approximate surface area is 200 Å². The number of aryl methyl sites for hydroxylation is 1. The number of hydrogen-bond acceptors (Lipinski definition) is 3. The highest BCUT2D eigenvalue weighted by Crippen LogP contribution is 2.25. The van der Waals surface area contributed by atoms with Crippen molar-refractivity contribution in [2.45, 2.75) is 50.8 Å². The summed E-state index contributed by atoms with van der Waals surface area (Å²) >= 11 is 0. The van der Waals surface area contributed by atoms with Crippen LogP contribution in [0.4, 0.5) is 4.39 Å². The van der Waals surface area contributed by atoms with Crippen LogP contribution in [-0.4, -0.2) is 41.1 Å². The number of β-amino-alcohol motifs (C(OH)–C–C–N with tert-alkyl or cyclic N) is 1. The van der Waals surface area contributed by atoms with Crippen molar-refractivity contribution in [3.63, 3.8) is 0 Å². The minimum Gasteiger partial charge on any atom is -0.392 e. The number of fused-ring (bicyclic) bond motifs is 1. The predicted molar refractivity (Wildman–Crippen MR) is 132 cm³/mol. The molecule has 0 radical (unpaired) electrons. The van der Waals surface area contributed by atoms with E-state index >= 15 is 0 Å². The van der Waals surface area contributed by atoms with Crippen molar-refractivity contribution in [3.05, 3.63) is 94.8 Å². The fraction of sp³-hybridized carbons (Fsp3) is 0.345. The first kappa shape index (κ1) is 22.8. The van der Waals surface area contributed by atoms with Gasteiger partial charge in [-0.1, -0.05) is 42.5 Å². The zero-order valence-corrected chi connectivity index (χ0v) is 19.3. The normalized spacial score (nSPS) is 20.5. The number of piperidine rings is 1. The van der Waals surface area contributed by atoms with Gasteiger partial charge >= 0.3 is 0 Å². The van der Waals surface area contributed by atoms with Gasteiger partial charge in [0.1, 0.15) is 5.82 Å². The molecule has 2 N–H and O–H groups in total. The van der Waals surface area contributed by atoms with Crippen LogP contribution in [0, 0.1) is 5.82 Å². The predicted octanol–water partition coefficient (Wildman–Crippen LogP) is 4.74. The van der Waals surface area contributed by atoms with Gasteiger partial charge in [-0.3, -0.25) is 9.69 Å². The number of carbonyl (C=O) groups is 1. The molecule has 1 fully saturated rings. The first-order valence-electron chi connectivity index (χ1n) is 12.2. The minimum absolute atomic E-state index is 0.0561. The molecule has 1 aliphatic carbocycles. The summed E-state index contributed by atoms with van der Waals surface area (Å²) in [4.78, 5) is 15.2. The number of aliphatic hydroxyl groups is 1. The van der Waals surface area contributed by atoms with Crippen LogP contribution in [0.1, 0.15) is 46.3 Å². The van der Waals surface area contributed by atoms with E-state index in [-0.39, 0.29) is 23.9 Å². The molecule has 5 rings (SSSR count). The molecule has 1 aliphatic heterocycles. The molecule has 0 aromatic heterocycles. The van der Waals surface area contributed by atoms with Gasteiger partial charge in [-0.2, -0.15) is 0 Å². The Balaban J connectivity index is 1.18. The molecule has 2 atom stereocenters. The highest BCUT2D eigenvalue weighted by molar-refractivity contribution is 5.94. The van der Waals surface area contributed by atoms with Crippen LogP contribution in [0.3, 0.4) is 0 Å². The van der Waals surface area contributed by atoms with Crippen LogP contribution < -0.4 is 5.32 Å². The number of benzene rings is 3. The second kappa shape index (κ2) is 10.1. The molecule has 1 saturated heterocycles. The van der Waals surface area contributed by atoms with Gasteiger partial charge in [-0.15, -0.1) is 0 Å². The number of hydrogen-bond donors (Lipinski definition) is 2. The topological polar surface area (TPSA) is 52.6 Å². The quantitative estimate of drug-likeness (QED) is 0.581. The lowest BCUT2D eigenvalue weighted by molar-refractivity contribution is 0.0668. The number of likely N-dealkylation sites (tertiary alicyclic amines) is 1. The molecule has 3 aromatic rings. The molecule has 0 spiro atoms. The van der Waals surface area contributed by atoms with Gasteiger partial charge in [0.25, 0.3) is 5.91 Å². The third kappa shape index (κ3) is 5.37. The molecule has 2 aliphatic rings. The van der Waals surface area contributed by atoms with Crippen molar-refractivity contribution in [1.29, 1.82) is 0 Å². The molecule has 5 heteroatoms. The minimum atomic E-state index is -0.258. The van der Waals surface area contributed by atoms with Crippen LogP contribution in [0.2, 0.25) is 0 Å². The summed E-state index contributed by atoms with van der Waals surface area (Å²) in [6.45, 7) is 2.70. The van der Waals surface area contributed by atoms with E-state index in [4.69, 9.17) is 0 Å². The van der Waals surface area contributed by atoms with Crippen molar-refractivity contribution >= 4 is 5.91 Å². The zero-order valence-electron chi connectivity index (χ0n) is 19.3. The molecule has 1 heterocycles. The second-order valence-electron chi connectivity index (χ2n) is 9.63. The number of halogens is 1. The number of rotatable bonds is 5. The van der Waals surface area contributed by atoms with Gasteiger partial charge < -0.3 is 10.4 Å². The molecule has 3 aromatic carbocycles. The Morgan fingerprint density at radius 2 is 1.71 bits per heavy atom. The standard InChI is InChI=1S/C29H31FN2O2/c30-26-12-9-22(10-13-26)21-5-7-23(8-6-21)29(34)31-27-14-11-24-16-20(3-4-25(24)17-27)18-32-15-1-2-28(33)19-32/h3-10,12-13,16,27-28,33H,1-2,11,14-15,17-19H2,(H,31,34). The van der Waals surface area contributed by atoms with Gasteiger partial charge in [0.15, 0.2) is 0 Å². The average Bonchev–Trinajstić information content (AvgIpc) is 2.85. The largest absolute Gasteiger partial charge is 0.392 e. The van der Waals surface area contributed by atoms with Gasteiger partial charge in [-0.25, -0.2) is 4.39 Å². The smallest absolute Gasteiger partial charge is 0.251 e. The van der Waals surface area contributed by atoms with Crippen LogP contribution in [0.5, 0.6) is 0 Å². The van der Waals surface area contributed by atoms with Crippen molar-refractivity contribution in [2.24, 2.45) is 0 Å². The van der Waals surface area contributed by atoms with Gasteiger partial charge in [-0.05, 0) is 90.7 Å². The van der Waals surface area contributed by atoms with Crippen molar-refractivity contribution in [1.82, 2.24) is 10.2 Å². The average molecular weight is 459 g/mol. The summed E-state index contributed by atoms with van der Waals surface area (Å²) in [6, 6.07) is 20.7. The van der Waals surface area contributed by atoms with Gasteiger partial charge in [0.2, 0.25) is 0 Å². The second-order valence-corrected chi connectivity index (χ2v) is 9.63. The van der Waals surface area contributed by atoms with Gasteiger partial charge in [0.05, 0.1) is 6.10 Å². The third-order valence-electron chi connectivity index (χ3n) is 7.05. The van der Waals surface area contributed by atoms with E-state index in [1.165, 1.54) is 28.8 Å². The molecule has 0 bridgehead atoms. The highest BCUT2D eigenvalue weighted by atomic mass is 19.1. The van der Waals surface area contributed by atoms with Crippen LogP contribution in [0.25, 0.3) is 11.1 Å². The molecule has 176 valence electrons. The molecule has 2 unspecified atom stereocenters. The number of carbonyl (C=O) groups excluding carboxylic acids is 1. The van der Waals surface area contributed by atoms with Crippen LogP contribution >= 0.6 is 0 Å². The summed E-state index contributed by atoms with van der Waals surface area (Å²) in [5.41, 5.74) is 6.51. The van der Waals surface area contributed by atoms with E-state index in [1.807, 2.05) is 24.3 Å². The third-order valence-corrected chi connectivity index (χ3v) is 7.05. The number of amides is 1. The summed E-state index contributed by atoms with van der Waals surface area (Å²) in [7, 11) is 0. The number of nitrogens with one attached hydrogen (secondary N) is 1.